The molecule has 1 aliphatic rings. The molecule has 0 heterocycles. The highest BCUT2D eigenvalue weighted by Gasteiger charge is 2.47. The summed E-state index contributed by atoms with van der Waals surface area (Å²) in [5, 5.41) is 21.7. The van der Waals surface area contributed by atoms with Crippen molar-refractivity contribution in [1.29, 1.82) is 5.26 Å². The first-order valence-electron chi connectivity index (χ1n) is 5.59. The minimum atomic E-state index is -0.417. The number of rotatable bonds is 2. The maximum atomic E-state index is 13.0. The second-order valence-corrected chi connectivity index (χ2v) is 5.07. The number of aliphatic hydroxyl groups is 1. The molecule has 2 atom stereocenters. The Hall–Kier alpha value is -1.60. The summed E-state index contributed by atoms with van der Waals surface area (Å²) in [5.74, 6) is -0.417. The Balaban J connectivity index is 2.18. The molecule has 0 amide bonds. The topological polar surface area (TPSA) is 56.0 Å². The maximum absolute atomic E-state index is 13.0. The van der Waals surface area contributed by atoms with Crippen LogP contribution in [0.2, 0.25) is 0 Å². The van der Waals surface area contributed by atoms with Gasteiger partial charge in [-0.15, -0.1) is 0 Å². The average Bonchev–Trinajstić information content (AvgIpc) is 2.30. The van der Waals surface area contributed by atoms with Crippen molar-refractivity contribution < 1.29 is 9.50 Å². The van der Waals surface area contributed by atoms with Crippen molar-refractivity contribution >= 4 is 5.69 Å². The van der Waals surface area contributed by atoms with Crippen LogP contribution >= 0.6 is 0 Å². The molecular formula is C13H15FN2O. The number of halogens is 1. The van der Waals surface area contributed by atoms with E-state index in [0.29, 0.717) is 17.7 Å². The molecule has 0 radical (unpaired) electrons. The molecule has 90 valence electrons. The largest absolute Gasteiger partial charge is 0.392 e. The first-order valence-corrected chi connectivity index (χ1v) is 5.59. The molecule has 17 heavy (non-hydrogen) atoms. The van der Waals surface area contributed by atoms with Gasteiger partial charge in [0.2, 0.25) is 0 Å². The van der Waals surface area contributed by atoms with Crippen molar-refractivity contribution in [3.63, 3.8) is 0 Å². The molecule has 0 spiro atoms. The van der Waals surface area contributed by atoms with Crippen LogP contribution in [0.5, 0.6) is 0 Å². The summed E-state index contributed by atoms with van der Waals surface area (Å²) in [6.07, 6.45) is 0.320. The third-order valence-electron chi connectivity index (χ3n) is 3.65. The number of anilines is 1. The Kier molecular flexibility index (Phi) is 2.80. The third-order valence-corrected chi connectivity index (χ3v) is 3.65. The molecule has 1 aliphatic carbocycles. The summed E-state index contributed by atoms with van der Waals surface area (Å²) >= 11 is 0. The maximum Gasteiger partial charge on any atom is 0.124 e. The zero-order valence-electron chi connectivity index (χ0n) is 9.87. The van der Waals surface area contributed by atoms with Gasteiger partial charge in [-0.05, 0) is 24.6 Å². The highest BCUT2D eigenvalue weighted by atomic mass is 19.1. The molecular weight excluding hydrogens is 219 g/mol. The molecule has 1 aromatic rings. The standard InChI is InChI=1S/C13H15FN2O/c1-13(2)11(6-12(13)17)16-10-4-3-9(14)5-8(10)7-15/h3-5,11-12,16-17H,6H2,1-2H3. The summed E-state index contributed by atoms with van der Waals surface area (Å²) < 4.78 is 13.0. The number of benzene rings is 1. The van der Waals surface area contributed by atoms with Crippen molar-refractivity contribution in [2.75, 3.05) is 5.32 Å². The van der Waals surface area contributed by atoms with Crippen molar-refractivity contribution in [3.8, 4) is 6.07 Å². The average molecular weight is 234 g/mol. The van der Waals surface area contributed by atoms with Crippen molar-refractivity contribution in [2.24, 2.45) is 5.41 Å². The minimum Gasteiger partial charge on any atom is -0.392 e. The summed E-state index contributed by atoms with van der Waals surface area (Å²) in [4.78, 5) is 0. The lowest BCUT2D eigenvalue weighted by Gasteiger charge is -2.50. The first-order chi connectivity index (χ1) is 7.95. The summed E-state index contributed by atoms with van der Waals surface area (Å²) in [5.41, 5.74) is 0.697. The van der Waals surface area contributed by atoms with Gasteiger partial charge in [0, 0.05) is 11.5 Å². The molecule has 0 aliphatic heterocycles. The van der Waals surface area contributed by atoms with Gasteiger partial charge < -0.3 is 10.4 Å². The van der Waals surface area contributed by atoms with Crippen LogP contribution in [-0.2, 0) is 0 Å². The van der Waals surface area contributed by atoms with Crippen LogP contribution in [0.3, 0.4) is 0 Å². The number of hydrogen-bond donors (Lipinski definition) is 2. The number of hydrogen-bond acceptors (Lipinski definition) is 3. The van der Waals surface area contributed by atoms with Gasteiger partial charge in [0.25, 0.3) is 0 Å². The third kappa shape index (κ3) is 1.98. The highest BCUT2D eigenvalue weighted by molar-refractivity contribution is 5.58. The molecule has 2 unspecified atom stereocenters. The number of nitrogens with one attached hydrogen (secondary N) is 1. The van der Waals surface area contributed by atoms with E-state index in [1.54, 1.807) is 6.07 Å². The highest BCUT2D eigenvalue weighted by Crippen LogP contribution is 2.42. The lowest BCUT2D eigenvalue weighted by atomic mass is 9.64. The normalized spacial score (nSPS) is 25.8. The fraction of sp³-hybridized carbons (Fsp3) is 0.462. The smallest absolute Gasteiger partial charge is 0.124 e. The van der Waals surface area contributed by atoms with E-state index < -0.39 is 5.82 Å². The first kappa shape index (κ1) is 11.9. The van der Waals surface area contributed by atoms with Crippen molar-refractivity contribution in [3.05, 3.63) is 29.6 Å². The van der Waals surface area contributed by atoms with Crippen LogP contribution in [0.1, 0.15) is 25.8 Å². The van der Waals surface area contributed by atoms with Crippen LogP contribution in [0, 0.1) is 22.6 Å². The van der Waals surface area contributed by atoms with Gasteiger partial charge in [-0.3, -0.25) is 0 Å². The minimum absolute atomic E-state index is 0.107. The van der Waals surface area contributed by atoms with Gasteiger partial charge in [0.1, 0.15) is 11.9 Å². The number of nitriles is 1. The van der Waals surface area contributed by atoms with E-state index in [-0.39, 0.29) is 17.6 Å². The fourth-order valence-electron chi connectivity index (χ4n) is 2.07. The van der Waals surface area contributed by atoms with Gasteiger partial charge in [0.05, 0.1) is 17.4 Å². The summed E-state index contributed by atoms with van der Waals surface area (Å²) in [6, 6.07) is 6.17. The molecule has 4 heteroatoms. The molecule has 2 rings (SSSR count). The Bertz CT molecular complexity index is 479. The molecule has 0 saturated heterocycles. The molecule has 3 nitrogen and oxygen atoms in total. The second kappa shape index (κ2) is 4.01. The monoisotopic (exact) mass is 234 g/mol. The van der Waals surface area contributed by atoms with Crippen molar-refractivity contribution in [1.82, 2.24) is 0 Å². The molecule has 1 aromatic carbocycles. The Labute approximate surface area is 99.9 Å². The van der Waals surface area contributed by atoms with E-state index in [1.165, 1.54) is 12.1 Å². The van der Waals surface area contributed by atoms with Crippen LogP contribution in [0.4, 0.5) is 10.1 Å². The van der Waals surface area contributed by atoms with E-state index in [2.05, 4.69) is 5.32 Å². The SMILES string of the molecule is CC1(C)C(O)CC1Nc1ccc(F)cc1C#N. The van der Waals surface area contributed by atoms with Crippen LogP contribution < -0.4 is 5.32 Å². The quantitative estimate of drug-likeness (QED) is 0.825. The predicted octanol–water partition coefficient (Wildman–Crippen LogP) is 2.27. The fourth-order valence-corrected chi connectivity index (χ4v) is 2.07. The molecule has 0 aromatic heterocycles. The molecule has 1 fully saturated rings. The van der Waals surface area contributed by atoms with Gasteiger partial charge >= 0.3 is 0 Å². The lowest BCUT2D eigenvalue weighted by molar-refractivity contribution is -0.0510. The number of aliphatic hydroxyl groups excluding tert-OH is 1. The van der Waals surface area contributed by atoms with Gasteiger partial charge in [-0.2, -0.15) is 5.26 Å². The molecule has 0 bridgehead atoms. The van der Waals surface area contributed by atoms with E-state index in [1.807, 2.05) is 19.9 Å². The molecule has 1 saturated carbocycles. The predicted molar refractivity (Wildman–Crippen MR) is 62.9 cm³/mol. The Morgan fingerprint density at radius 1 is 1.53 bits per heavy atom. The Morgan fingerprint density at radius 3 is 2.76 bits per heavy atom. The van der Waals surface area contributed by atoms with Gasteiger partial charge in [-0.25, -0.2) is 4.39 Å². The van der Waals surface area contributed by atoms with Crippen LogP contribution in [0.15, 0.2) is 18.2 Å². The van der Waals surface area contributed by atoms with E-state index in [0.717, 1.165) is 0 Å². The zero-order chi connectivity index (χ0) is 12.6. The lowest BCUT2D eigenvalue weighted by Crippen LogP contribution is -2.56. The summed E-state index contributed by atoms with van der Waals surface area (Å²) in [6.45, 7) is 3.93. The Morgan fingerprint density at radius 2 is 2.24 bits per heavy atom. The molecule has 2 N–H and O–H groups in total. The second-order valence-electron chi connectivity index (χ2n) is 5.07. The van der Waals surface area contributed by atoms with E-state index >= 15 is 0 Å². The van der Waals surface area contributed by atoms with Crippen LogP contribution in [-0.4, -0.2) is 17.3 Å². The summed E-state index contributed by atoms with van der Waals surface area (Å²) in [7, 11) is 0. The number of nitrogens with zero attached hydrogens (tertiary/aromatic N) is 1. The van der Waals surface area contributed by atoms with Crippen molar-refractivity contribution in [2.45, 2.75) is 32.4 Å². The van der Waals surface area contributed by atoms with E-state index in [4.69, 9.17) is 5.26 Å². The van der Waals surface area contributed by atoms with Crippen LogP contribution in [0.25, 0.3) is 0 Å². The van der Waals surface area contributed by atoms with Gasteiger partial charge in [0.15, 0.2) is 0 Å². The van der Waals surface area contributed by atoms with E-state index in [9.17, 15) is 9.50 Å². The van der Waals surface area contributed by atoms with Gasteiger partial charge in [-0.1, -0.05) is 13.8 Å². The zero-order valence-corrected chi connectivity index (χ0v) is 9.87.